The van der Waals surface area contributed by atoms with Crippen molar-refractivity contribution in [3.8, 4) is 5.75 Å². The van der Waals surface area contributed by atoms with Crippen molar-refractivity contribution < 1.29 is 19.1 Å². The molecule has 3 rings (SSSR count). The van der Waals surface area contributed by atoms with Crippen LogP contribution in [0.15, 0.2) is 48.5 Å². The lowest BCUT2D eigenvalue weighted by Gasteiger charge is -2.27. The molecular weight excluding hydrogens is 320 g/mol. The lowest BCUT2D eigenvalue weighted by Crippen LogP contribution is -2.48. The molecule has 2 aromatic rings. The summed E-state index contributed by atoms with van der Waals surface area (Å²) < 4.78 is 10.5. The summed E-state index contributed by atoms with van der Waals surface area (Å²) in [6.45, 7) is 2.08. The highest BCUT2D eigenvalue weighted by Gasteiger charge is 2.23. The number of carbonyl (C=O) groups is 2. The fourth-order valence-electron chi connectivity index (χ4n) is 2.70. The van der Waals surface area contributed by atoms with E-state index in [2.05, 4.69) is 10.6 Å². The van der Waals surface area contributed by atoms with E-state index in [0.717, 1.165) is 11.3 Å². The first-order valence-corrected chi connectivity index (χ1v) is 8.05. The zero-order chi connectivity index (χ0) is 17.8. The number of nitrogens with one attached hydrogen (secondary N) is 2. The van der Waals surface area contributed by atoms with Crippen LogP contribution in [-0.2, 0) is 9.53 Å². The first kappa shape index (κ1) is 16.8. The quantitative estimate of drug-likeness (QED) is 0.818. The van der Waals surface area contributed by atoms with E-state index in [1.165, 1.54) is 7.11 Å². The zero-order valence-electron chi connectivity index (χ0n) is 14.1. The van der Waals surface area contributed by atoms with Crippen LogP contribution in [0.3, 0.4) is 0 Å². The number of esters is 1. The van der Waals surface area contributed by atoms with Crippen LogP contribution in [0.1, 0.15) is 28.8 Å². The van der Waals surface area contributed by atoms with Gasteiger partial charge in [0.15, 0.2) is 0 Å². The van der Waals surface area contributed by atoms with Gasteiger partial charge in [-0.25, -0.2) is 0 Å². The van der Waals surface area contributed by atoms with E-state index in [4.69, 9.17) is 9.47 Å². The predicted octanol–water partition coefficient (Wildman–Crippen LogP) is 2.52. The second-order valence-corrected chi connectivity index (χ2v) is 5.84. The molecule has 0 aliphatic carbocycles. The molecule has 1 heterocycles. The number of rotatable bonds is 5. The average Bonchev–Trinajstić information content (AvgIpc) is 2.65. The van der Waals surface area contributed by atoms with E-state index < -0.39 is 0 Å². The van der Waals surface area contributed by atoms with E-state index >= 15 is 0 Å². The molecule has 0 aromatic heterocycles. The summed E-state index contributed by atoms with van der Waals surface area (Å²) in [6.07, 6.45) is -0.309. The standard InChI is InChI=1S/C19H20N2O4/c1-12(19(23)24-2)13-7-9-14(10-8-13)25-11-17-20-16-6-4-3-5-15(16)18(22)21-17/h3-10,12,17,20H,11H2,1-2H3,(H,21,22). The normalized spacial score (nSPS) is 16.9. The lowest BCUT2D eigenvalue weighted by atomic mass is 10.0. The maximum Gasteiger partial charge on any atom is 0.312 e. The van der Waals surface area contributed by atoms with E-state index in [-0.39, 0.29) is 30.6 Å². The van der Waals surface area contributed by atoms with Gasteiger partial charge >= 0.3 is 5.97 Å². The van der Waals surface area contributed by atoms with Gasteiger partial charge in [0.2, 0.25) is 0 Å². The number of amides is 1. The van der Waals surface area contributed by atoms with Crippen molar-refractivity contribution in [1.82, 2.24) is 5.32 Å². The largest absolute Gasteiger partial charge is 0.489 e. The summed E-state index contributed by atoms with van der Waals surface area (Å²) >= 11 is 0. The molecular formula is C19H20N2O4. The van der Waals surface area contributed by atoms with Crippen molar-refractivity contribution in [2.45, 2.75) is 19.0 Å². The first-order valence-electron chi connectivity index (χ1n) is 8.05. The first-order chi connectivity index (χ1) is 12.1. The fourth-order valence-corrected chi connectivity index (χ4v) is 2.70. The third-order valence-corrected chi connectivity index (χ3v) is 4.16. The minimum atomic E-state index is -0.324. The van der Waals surface area contributed by atoms with Crippen LogP contribution in [0.5, 0.6) is 5.75 Å². The number of anilines is 1. The van der Waals surface area contributed by atoms with Crippen LogP contribution in [-0.4, -0.2) is 31.8 Å². The highest BCUT2D eigenvalue weighted by Crippen LogP contribution is 2.22. The molecule has 0 saturated carbocycles. The SMILES string of the molecule is COC(=O)C(C)c1ccc(OCC2NC(=O)c3ccccc3N2)cc1. The van der Waals surface area contributed by atoms with Crippen molar-refractivity contribution in [1.29, 1.82) is 0 Å². The van der Waals surface area contributed by atoms with Gasteiger partial charge in [-0.1, -0.05) is 24.3 Å². The Labute approximate surface area is 146 Å². The topological polar surface area (TPSA) is 76.7 Å². The third kappa shape index (κ3) is 3.74. The third-order valence-electron chi connectivity index (χ3n) is 4.16. The molecule has 2 atom stereocenters. The summed E-state index contributed by atoms with van der Waals surface area (Å²) in [7, 11) is 1.37. The molecule has 2 N–H and O–H groups in total. The highest BCUT2D eigenvalue weighted by molar-refractivity contribution is 6.01. The summed E-state index contributed by atoms with van der Waals surface area (Å²) in [5.74, 6) is -0.0581. The van der Waals surface area contributed by atoms with Crippen molar-refractivity contribution in [3.05, 3.63) is 59.7 Å². The van der Waals surface area contributed by atoms with Crippen molar-refractivity contribution in [3.63, 3.8) is 0 Å². The van der Waals surface area contributed by atoms with Gasteiger partial charge in [0, 0.05) is 5.69 Å². The van der Waals surface area contributed by atoms with Crippen LogP contribution in [0.2, 0.25) is 0 Å². The van der Waals surface area contributed by atoms with Crippen molar-refractivity contribution in [2.75, 3.05) is 19.0 Å². The van der Waals surface area contributed by atoms with Gasteiger partial charge in [-0.3, -0.25) is 9.59 Å². The minimum Gasteiger partial charge on any atom is -0.489 e. The van der Waals surface area contributed by atoms with Crippen LogP contribution in [0.25, 0.3) is 0 Å². The second kappa shape index (κ2) is 7.25. The van der Waals surface area contributed by atoms with E-state index in [0.29, 0.717) is 11.3 Å². The van der Waals surface area contributed by atoms with Crippen molar-refractivity contribution >= 4 is 17.6 Å². The second-order valence-electron chi connectivity index (χ2n) is 5.84. The Balaban J connectivity index is 1.59. The molecule has 130 valence electrons. The van der Waals surface area contributed by atoms with E-state index in [9.17, 15) is 9.59 Å². The van der Waals surface area contributed by atoms with Gasteiger partial charge in [0.25, 0.3) is 5.91 Å². The molecule has 1 aliphatic rings. The summed E-state index contributed by atoms with van der Waals surface area (Å²) in [4.78, 5) is 23.6. The summed E-state index contributed by atoms with van der Waals surface area (Å²) in [6, 6.07) is 14.6. The monoisotopic (exact) mass is 340 g/mol. The number of hydrogen-bond acceptors (Lipinski definition) is 5. The lowest BCUT2D eigenvalue weighted by molar-refractivity contribution is -0.141. The molecule has 6 nitrogen and oxygen atoms in total. The molecule has 0 bridgehead atoms. The van der Waals surface area contributed by atoms with Gasteiger partial charge in [0.05, 0.1) is 18.6 Å². The Bertz CT molecular complexity index is 773. The van der Waals surface area contributed by atoms with E-state index in [1.54, 1.807) is 25.1 Å². The molecule has 2 unspecified atom stereocenters. The Morgan fingerprint density at radius 2 is 1.84 bits per heavy atom. The number of benzene rings is 2. The van der Waals surface area contributed by atoms with E-state index in [1.807, 2.05) is 30.3 Å². The Morgan fingerprint density at radius 1 is 1.12 bits per heavy atom. The molecule has 1 amide bonds. The van der Waals surface area contributed by atoms with Gasteiger partial charge < -0.3 is 20.1 Å². The number of ether oxygens (including phenoxy) is 2. The van der Waals surface area contributed by atoms with Crippen LogP contribution in [0, 0.1) is 0 Å². The molecule has 25 heavy (non-hydrogen) atoms. The van der Waals surface area contributed by atoms with Crippen LogP contribution >= 0.6 is 0 Å². The maximum absolute atomic E-state index is 12.1. The number of fused-ring (bicyclic) bond motifs is 1. The van der Waals surface area contributed by atoms with Gasteiger partial charge in [-0.2, -0.15) is 0 Å². The van der Waals surface area contributed by atoms with Gasteiger partial charge in [-0.15, -0.1) is 0 Å². The molecule has 0 spiro atoms. The predicted molar refractivity (Wildman–Crippen MR) is 93.7 cm³/mol. The Kier molecular flexibility index (Phi) is 4.88. The molecule has 0 fully saturated rings. The van der Waals surface area contributed by atoms with Gasteiger partial charge in [-0.05, 0) is 36.8 Å². The smallest absolute Gasteiger partial charge is 0.312 e. The number of methoxy groups -OCH3 is 1. The molecule has 6 heteroatoms. The molecule has 0 saturated heterocycles. The maximum atomic E-state index is 12.1. The Morgan fingerprint density at radius 3 is 2.56 bits per heavy atom. The molecule has 0 radical (unpaired) electrons. The fraction of sp³-hybridized carbons (Fsp3) is 0.263. The Hall–Kier alpha value is -3.02. The zero-order valence-corrected chi connectivity index (χ0v) is 14.1. The molecule has 1 aliphatic heterocycles. The van der Waals surface area contributed by atoms with Crippen LogP contribution in [0.4, 0.5) is 5.69 Å². The summed E-state index contributed by atoms with van der Waals surface area (Å²) in [5.41, 5.74) is 2.28. The number of para-hydroxylation sites is 1. The number of hydrogen-bond donors (Lipinski definition) is 2. The summed E-state index contributed by atoms with van der Waals surface area (Å²) in [5, 5.41) is 6.09. The van der Waals surface area contributed by atoms with Crippen molar-refractivity contribution in [2.24, 2.45) is 0 Å². The average molecular weight is 340 g/mol. The van der Waals surface area contributed by atoms with Crippen LogP contribution < -0.4 is 15.4 Å². The number of carbonyl (C=O) groups excluding carboxylic acids is 2. The van der Waals surface area contributed by atoms with Gasteiger partial charge in [0.1, 0.15) is 18.5 Å². The molecule has 2 aromatic carbocycles. The highest BCUT2D eigenvalue weighted by atomic mass is 16.5. The minimum absolute atomic E-state index is 0.120.